The summed E-state index contributed by atoms with van der Waals surface area (Å²) >= 11 is 0. The smallest absolute Gasteiger partial charge is 0.335 e. The monoisotopic (exact) mass is 1020 g/mol. The molecule has 3 N–H and O–H groups in total. The molecular weight excluding hydrogens is 925 g/mol. The van der Waals surface area contributed by atoms with Gasteiger partial charge in [0.25, 0.3) is 0 Å². The Bertz CT molecular complexity index is 1690. The van der Waals surface area contributed by atoms with Crippen molar-refractivity contribution in [3.05, 3.63) is 109 Å². The number of allylic oxidation sites excluding steroid dienone is 18. The van der Waals surface area contributed by atoms with Crippen LogP contribution in [-0.4, -0.2) is 89.2 Å². The highest BCUT2D eigenvalue weighted by Gasteiger charge is 2.50. The van der Waals surface area contributed by atoms with Crippen molar-refractivity contribution in [2.24, 2.45) is 0 Å². The molecule has 1 rings (SSSR count). The van der Waals surface area contributed by atoms with Crippen LogP contribution in [0.4, 0.5) is 0 Å². The van der Waals surface area contributed by atoms with Crippen molar-refractivity contribution in [1.29, 1.82) is 0 Å². The topological polar surface area (TPSA) is 175 Å². The summed E-state index contributed by atoms with van der Waals surface area (Å²) in [5.74, 6) is -3.28. The Morgan fingerprint density at radius 1 is 0.466 bits per heavy atom. The van der Waals surface area contributed by atoms with Crippen molar-refractivity contribution in [1.82, 2.24) is 0 Å². The third-order valence-electron chi connectivity index (χ3n) is 11.8. The fourth-order valence-electron chi connectivity index (χ4n) is 7.53. The van der Waals surface area contributed by atoms with Gasteiger partial charge >= 0.3 is 23.9 Å². The zero-order valence-electron chi connectivity index (χ0n) is 45.1. The lowest BCUT2D eigenvalue weighted by Crippen LogP contribution is -2.61. The third kappa shape index (κ3) is 38.6. The minimum Gasteiger partial charge on any atom is -0.479 e. The second-order valence-corrected chi connectivity index (χ2v) is 18.5. The maximum absolute atomic E-state index is 13.1. The maximum atomic E-state index is 13.1. The number of ether oxygens (including phenoxy) is 5. The molecule has 12 heteroatoms. The Morgan fingerprint density at radius 3 is 1.44 bits per heavy atom. The number of rotatable bonds is 45. The summed E-state index contributed by atoms with van der Waals surface area (Å²) in [6.07, 6.45) is 52.3. The molecular formula is C61H96O12. The van der Waals surface area contributed by atoms with E-state index in [0.717, 1.165) is 128 Å². The summed E-state index contributed by atoms with van der Waals surface area (Å²) in [5, 5.41) is 31.4. The van der Waals surface area contributed by atoms with Crippen molar-refractivity contribution in [3.8, 4) is 0 Å². The van der Waals surface area contributed by atoms with Gasteiger partial charge < -0.3 is 39.0 Å². The maximum Gasteiger partial charge on any atom is 0.335 e. The van der Waals surface area contributed by atoms with Gasteiger partial charge in [-0.1, -0.05) is 188 Å². The van der Waals surface area contributed by atoms with Crippen molar-refractivity contribution < 1.29 is 58.2 Å². The second kappa shape index (κ2) is 48.3. The fourth-order valence-corrected chi connectivity index (χ4v) is 7.53. The van der Waals surface area contributed by atoms with Crippen LogP contribution in [0.5, 0.6) is 0 Å². The summed E-state index contributed by atoms with van der Waals surface area (Å²) in [6.45, 7) is 5.66. The molecule has 0 aromatic heterocycles. The number of aliphatic hydroxyl groups is 2. The van der Waals surface area contributed by atoms with Gasteiger partial charge in [0.1, 0.15) is 18.8 Å². The number of esters is 3. The lowest BCUT2D eigenvalue weighted by atomic mass is 9.98. The summed E-state index contributed by atoms with van der Waals surface area (Å²) in [6, 6.07) is 0. The first kappa shape index (κ1) is 66.4. The Labute approximate surface area is 440 Å². The first-order valence-corrected chi connectivity index (χ1v) is 27.9. The van der Waals surface area contributed by atoms with Gasteiger partial charge in [-0.25, -0.2) is 4.79 Å². The van der Waals surface area contributed by atoms with Gasteiger partial charge in [0, 0.05) is 19.3 Å². The van der Waals surface area contributed by atoms with Gasteiger partial charge in [0.2, 0.25) is 0 Å². The zero-order chi connectivity index (χ0) is 53.3. The van der Waals surface area contributed by atoms with E-state index in [1.807, 2.05) is 12.2 Å². The van der Waals surface area contributed by atoms with Gasteiger partial charge in [0.15, 0.2) is 24.6 Å². The van der Waals surface area contributed by atoms with Crippen LogP contribution < -0.4 is 0 Å². The average Bonchev–Trinajstić information content (AvgIpc) is 3.37. The summed E-state index contributed by atoms with van der Waals surface area (Å²) in [4.78, 5) is 50.9. The number of aliphatic hydroxyl groups excluding tert-OH is 2. The van der Waals surface area contributed by atoms with E-state index in [9.17, 15) is 34.5 Å². The molecule has 0 spiro atoms. The normalized spacial score (nSPS) is 19.2. The molecule has 6 atom stereocenters. The Balaban J connectivity index is 2.77. The first-order chi connectivity index (χ1) is 35.6. The molecule has 1 heterocycles. The standard InChI is InChI=1S/C61H96O12/c1-4-7-10-13-16-19-22-24-25-26-27-28-29-31-33-35-38-41-44-47-53(62)69-50-52(71-54(63)48-45-42-39-37-34-30-23-20-17-14-11-8-5-2)51-70-61-59(57(66)56(65)58(73-61)60(67)68)72-55(64)49-46-43-40-36-32-21-18-15-12-9-6-3/h7,10-11,14-16,18-20,23-25,27-28,31,33,38,41,52,56-59,61,65-66H,4-6,8-9,12-13,17,21-22,26,29-30,32,34-37,39-40,42-51H2,1-3H3,(H,67,68)/b10-7-,14-11-,18-15-,19-16-,23-20-,25-24-,28-27-,33-31-,41-38-. The summed E-state index contributed by atoms with van der Waals surface area (Å²) in [5.41, 5.74) is 0. The van der Waals surface area contributed by atoms with Crippen LogP contribution in [0.3, 0.4) is 0 Å². The van der Waals surface area contributed by atoms with E-state index >= 15 is 0 Å². The van der Waals surface area contributed by atoms with Crippen molar-refractivity contribution in [3.63, 3.8) is 0 Å². The molecule has 12 nitrogen and oxygen atoms in total. The number of unbranched alkanes of at least 4 members (excludes halogenated alkanes) is 13. The highest BCUT2D eigenvalue weighted by molar-refractivity contribution is 5.74. The first-order valence-electron chi connectivity index (χ1n) is 27.9. The van der Waals surface area contributed by atoms with E-state index in [4.69, 9.17) is 23.7 Å². The molecule has 0 aromatic rings. The molecule has 0 aromatic carbocycles. The SMILES string of the molecule is CC/C=C\C/C=C\C/C=C\C/C=C\C/C=C\C/C=C\CCC(=O)OCC(COC1OC(C(=O)O)C(O)C(O)C1OC(=O)CCCCCCC/C=C\CCCC)OC(=O)CCCCCCC/C=C\C/C=C\CCC. The van der Waals surface area contributed by atoms with E-state index < -0.39 is 67.3 Å². The molecule has 0 amide bonds. The highest BCUT2D eigenvalue weighted by Crippen LogP contribution is 2.26. The van der Waals surface area contributed by atoms with Gasteiger partial charge in [0.05, 0.1) is 6.61 Å². The average molecular weight is 1020 g/mol. The van der Waals surface area contributed by atoms with Crippen molar-refractivity contribution in [2.75, 3.05) is 13.2 Å². The molecule has 0 aliphatic carbocycles. The number of carbonyl (C=O) groups excluding carboxylic acids is 3. The molecule has 0 radical (unpaired) electrons. The van der Waals surface area contributed by atoms with Gasteiger partial charge in [-0.2, -0.15) is 0 Å². The van der Waals surface area contributed by atoms with Crippen molar-refractivity contribution in [2.45, 2.75) is 237 Å². The van der Waals surface area contributed by atoms with Crippen LogP contribution >= 0.6 is 0 Å². The fraction of sp³-hybridized carbons (Fsp3) is 0.639. The lowest BCUT2D eigenvalue weighted by molar-refractivity contribution is -0.301. The largest absolute Gasteiger partial charge is 0.479 e. The van der Waals surface area contributed by atoms with Crippen LogP contribution in [0, 0.1) is 0 Å². The van der Waals surface area contributed by atoms with E-state index in [1.165, 1.54) is 12.8 Å². The molecule has 0 bridgehead atoms. The van der Waals surface area contributed by atoms with Crippen LogP contribution in [0.15, 0.2) is 109 Å². The quantitative estimate of drug-likeness (QED) is 0.0228. The third-order valence-corrected chi connectivity index (χ3v) is 11.8. The van der Waals surface area contributed by atoms with Crippen molar-refractivity contribution >= 4 is 23.9 Å². The predicted octanol–water partition coefficient (Wildman–Crippen LogP) is 13.9. The van der Waals surface area contributed by atoms with Gasteiger partial charge in [-0.05, 0) is 103 Å². The number of hydrogen-bond donors (Lipinski definition) is 3. The van der Waals surface area contributed by atoms with Crippen LogP contribution in [-0.2, 0) is 42.9 Å². The van der Waals surface area contributed by atoms with Gasteiger partial charge in [-0.3, -0.25) is 14.4 Å². The molecule has 73 heavy (non-hydrogen) atoms. The molecule has 1 fully saturated rings. The Hall–Kier alpha value is -4.62. The van der Waals surface area contributed by atoms with Crippen LogP contribution in [0.1, 0.15) is 201 Å². The lowest BCUT2D eigenvalue weighted by Gasteiger charge is -2.40. The number of carboxylic acid groups (broad SMARTS) is 1. The molecule has 1 aliphatic heterocycles. The van der Waals surface area contributed by atoms with Crippen LogP contribution in [0.2, 0.25) is 0 Å². The summed E-state index contributed by atoms with van der Waals surface area (Å²) in [7, 11) is 0. The molecule has 1 saturated heterocycles. The van der Waals surface area contributed by atoms with E-state index in [1.54, 1.807) is 0 Å². The second-order valence-electron chi connectivity index (χ2n) is 18.5. The van der Waals surface area contributed by atoms with E-state index in [2.05, 4.69) is 118 Å². The summed E-state index contributed by atoms with van der Waals surface area (Å²) < 4.78 is 28.2. The molecule has 0 saturated carbocycles. The molecule has 1 aliphatic rings. The number of carbonyl (C=O) groups is 4. The predicted molar refractivity (Wildman–Crippen MR) is 294 cm³/mol. The van der Waals surface area contributed by atoms with E-state index in [0.29, 0.717) is 19.3 Å². The zero-order valence-corrected chi connectivity index (χ0v) is 45.1. The molecule has 6 unspecified atom stereocenters. The van der Waals surface area contributed by atoms with Crippen LogP contribution in [0.25, 0.3) is 0 Å². The minimum absolute atomic E-state index is 0.0358. The minimum atomic E-state index is -1.92. The number of carboxylic acids is 1. The Kier molecular flexibility index (Phi) is 44.0. The highest BCUT2D eigenvalue weighted by atomic mass is 16.7. The molecule has 412 valence electrons. The van der Waals surface area contributed by atoms with E-state index in [-0.39, 0.29) is 25.9 Å². The Morgan fingerprint density at radius 2 is 0.918 bits per heavy atom. The number of aliphatic carboxylic acids is 1. The van der Waals surface area contributed by atoms with Gasteiger partial charge in [-0.15, -0.1) is 0 Å². The number of hydrogen-bond acceptors (Lipinski definition) is 11.